The van der Waals surface area contributed by atoms with Gasteiger partial charge in [-0.3, -0.25) is 4.90 Å². The van der Waals surface area contributed by atoms with E-state index in [9.17, 15) is 0 Å². The van der Waals surface area contributed by atoms with E-state index in [1.54, 1.807) is 0 Å². The molecular formula is C15H23ClN2. The summed E-state index contributed by atoms with van der Waals surface area (Å²) < 4.78 is 0. The van der Waals surface area contributed by atoms with Crippen LogP contribution in [-0.2, 0) is 0 Å². The van der Waals surface area contributed by atoms with E-state index >= 15 is 0 Å². The molecule has 1 fully saturated rings. The lowest BCUT2D eigenvalue weighted by Crippen LogP contribution is -2.35. The summed E-state index contributed by atoms with van der Waals surface area (Å²) in [6, 6.07) is 8.85. The Bertz CT molecular complexity index is 353. The van der Waals surface area contributed by atoms with Crippen LogP contribution >= 0.6 is 11.6 Å². The molecule has 18 heavy (non-hydrogen) atoms. The van der Waals surface area contributed by atoms with Crippen LogP contribution in [0, 0.1) is 5.92 Å². The van der Waals surface area contributed by atoms with Gasteiger partial charge in [0.15, 0.2) is 0 Å². The third-order valence-corrected chi connectivity index (χ3v) is 3.86. The molecule has 0 bridgehead atoms. The van der Waals surface area contributed by atoms with Crippen molar-refractivity contribution in [1.82, 2.24) is 10.2 Å². The van der Waals surface area contributed by atoms with E-state index in [1.807, 2.05) is 12.1 Å². The second-order valence-electron chi connectivity index (χ2n) is 5.38. The number of nitrogens with zero attached hydrogens (tertiary/aromatic N) is 1. The molecule has 1 atom stereocenters. The number of hydrogen-bond donors (Lipinski definition) is 1. The number of benzene rings is 1. The summed E-state index contributed by atoms with van der Waals surface area (Å²) in [6.45, 7) is 9.15. The Morgan fingerprint density at radius 1 is 1.11 bits per heavy atom. The summed E-state index contributed by atoms with van der Waals surface area (Å²) in [5, 5.41) is 4.29. The van der Waals surface area contributed by atoms with Crippen molar-refractivity contribution < 1.29 is 0 Å². The Kier molecular flexibility index (Phi) is 5.04. The van der Waals surface area contributed by atoms with Gasteiger partial charge >= 0.3 is 0 Å². The van der Waals surface area contributed by atoms with E-state index in [-0.39, 0.29) is 0 Å². The summed E-state index contributed by atoms with van der Waals surface area (Å²) in [7, 11) is 0. The molecule has 1 unspecified atom stereocenters. The Balaban J connectivity index is 2.18. The predicted molar refractivity (Wildman–Crippen MR) is 78.1 cm³/mol. The van der Waals surface area contributed by atoms with Crippen LogP contribution in [0.5, 0.6) is 0 Å². The lowest BCUT2D eigenvalue weighted by atomic mass is 9.94. The lowest BCUT2D eigenvalue weighted by molar-refractivity contribution is 0.166. The Morgan fingerprint density at radius 3 is 2.50 bits per heavy atom. The van der Waals surface area contributed by atoms with Crippen LogP contribution in [0.25, 0.3) is 0 Å². The van der Waals surface area contributed by atoms with Gasteiger partial charge in [-0.05, 0) is 36.6 Å². The second-order valence-corrected chi connectivity index (χ2v) is 5.82. The minimum absolute atomic E-state index is 0.502. The number of nitrogens with one attached hydrogen (secondary N) is 1. The molecule has 100 valence electrons. The van der Waals surface area contributed by atoms with Crippen LogP contribution < -0.4 is 5.32 Å². The molecule has 0 saturated carbocycles. The SMILES string of the molecule is CC(C)C(c1ccc(Cl)cc1)N1CCCNCC1. The van der Waals surface area contributed by atoms with Crippen molar-refractivity contribution in [3.8, 4) is 0 Å². The first kappa shape index (κ1) is 13.9. The van der Waals surface area contributed by atoms with Gasteiger partial charge in [0.1, 0.15) is 0 Å². The van der Waals surface area contributed by atoms with E-state index in [1.165, 1.54) is 18.5 Å². The van der Waals surface area contributed by atoms with Crippen molar-refractivity contribution >= 4 is 11.6 Å². The van der Waals surface area contributed by atoms with Gasteiger partial charge in [0, 0.05) is 30.7 Å². The molecule has 1 N–H and O–H groups in total. The van der Waals surface area contributed by atoms with Gasteiger partial charge in [-0.1, -0.05) is 37.6 Å². The minimum atomic E-state index is 0.502. The molecule has 0 radical (unpaired) electrons. The smallest absolute Gasteiger partial charge is 0.0406 e. The summed E-state index contributed by atoms with van der Waals surface area (Å²) >= 11 is 5.98. The maximum absolute atomic E-state index is 5.98. The Labute approximate surface area is 115 Å². The third kappa shape index (κ3) is 3.47. The van der Waals surface area contributed by atoms with Crippen molar-refractivity contribution in [2.45, 2.75) is 26.3 Å². The van der Waals surface area contributed by atoms with E-state index < -0.39 is 0 Å². The van der Waals surface area contributed by atoms with Crippen molar-refractivity contribution in [3.63, 3.8) is 0 Å². The standard InChI is InChI=1S/C15H23ClN2/c1-12(2)15(13-4-6-14(16)7-5-13)18-10-3-8-17-9-11-18/h4-7,12,15,17H,3,8-11H2,1-2H3. The molecule has 0 aromatic heterocycles. The summed E-state index contributed by atoms with van der Waals surface area (Å²) in [6.07, 6.45) is 1.23. The predicted octanol–water partition coefficient (Wildman–Crippen LogP) is 3.33. The Hall–Kier alpha value is -0.570. The molecule has 0 aliphatic carbocycles. The van der Waals surface area contributed by atoms with Crippen LogP contribution in [0.1, 0.15) is 31.9 Å². The van der Waals surface area contributed by atoms with E-state index in [2.05, 4.69) is 36.2 Å². The first-order valence-corrected chi connectivity index (χ1v) is 7.26. The molecular weight excluding hydrogens is 244 g/mol. The van der Waals surface area contributed by atoms with Crippen LogP contribution in [-0.4, -0.2) is 31.1 Å². The van der Waals surface area contributed by atoms with Crippen LogP contribution in [0.2, 0.25) is 5.02 Å². The van der Waals surface area contributed by atoms with Gasteiger partial charge in [0.25, 0.3) is 0 Å². The maximum Gasteiger partial charge on any atom is 0.0406 e. The fourth-order valence-corrected chi connectivity index (χ4v) is 2.95. The average Bonchev–Trinajstić information content (AvgIpc) is 2.60. The molecule has 1 aliphatic heterocycles. The van der Waals surface area contributed by atoms with Crippen LogP contribution in [0.15, 0.2) is 24.3 Å². The van der Waals surface area contributed by atoms with Crippen molar-refractivity contribution in [2.75, 3.05) is 26.2 Å². The molecule has 1 aromatic carbocycles. The topological polar surface area (TPSA) is 15.3 Å². The Morgan fingerprint density at radius 2 is 1.83 bits per heavy atom. The fraction of sp³-hybridized carbons (Fsp3) is 0.600. The van der Waals surface area contributed by atoms with Gasteiger partial charge in [0.05, 0.1) is 0 Å². The fourth-order valence-electron chi connectivity index (χ4n) is 2.82. The zero-order valence-electron chi connectivity index (χ0n) is 11.3. The molecule has 0 amide bonds. The first-order valence-electron chi connectivity index (χ1n) is 6.88. The monoisotopic (exact) mass is 266 g/mol. The number of halogens is 1. The quantitative estimate of drug-likeness (QED) is 0.903. The van der Waals surface area contributed by atoms with Crippen LogP contribution in [0.4, 0.5) is 0 Å². The summed E-state index contributed by atoms with van der Waals surface area (Å²) in [5.41, 5.74) is 1.39. The second kappa shape index (κ2) is 6.55. The zero-order valence-corrected chi connectivity index (χ0v) is 12.1. The van der Waals surface area contributed by atoms with Gasteiger partial charge in [-0.15, -0.1) is 0 Å². The summed E-state index contributed by atoms with van der Waals surface area (Å²) in [4.78, 5) is 2.61. The highest BCUT2D eigenvalue weighted by Gasteiger charge is 2.24. The highest BCUT2D eigenvalue weighted by molar-refractivity contribution is 6.30. The maximum atomic E-state index is 5.98. The molecule has 3 heteroatoms. The highest BCUT2D eigenvalue weighted by atomic mass is 35.5. The number of hydrogen-bond acceptors (Lipinski definition) is 2. The first-order chi connectivity index (χ1) is 8.68. The van der Waals surface area contributed by atoms with E-state index in [0.717, 1.165) is 24.7 Å². The van der Waals surface area contributed by atoms with Crippen LogP contribution in [0.3, 0.4) is 0 Å². The number of rotatable bonds is 3. The van der Waals surface area contributed by atoms with Gasteiger partial charge < -0.3 is 5.32 Å². The largest absolute Gasteiger partial charge is 0.315 e. The molecule has 1 heterocycles. The minimum Gasteiger partial charge on any atom is -0.315 e. The molecule has 1 aromatic rings. The highest BCUT2D eigenvalue weighted by Crippen LogP contribution is 2.29. The molecule has 1 aliphatic rings. The average molecular weight is 267 g/mol. The molecule has 1 saturated heterocycles. The molecule has 2 rings (SSSR count). The zero-order chi connectivity index (χ0) is 13.0. The molecule has 2 nitrogen and oxygen atoms in total. The van der Waals surface area contributed by atoms with Gasteiger partial charge in [-0.25, -0.2) is 0 Å². The van der Waals surface area contributed by atoms with Gasteiger partial charge in [-0.2, -0.15) is 0 Å². The van der Waals surface area contributed by atoms with E-state index in [0.29, 0.717) is 12.0 Å². The lowest BCUT2D eigenvalue weighted by Gasteiger charge is -2.33. The molecule has 0 spiro atoms. The third-order valence-electron chi connectivity index (χ3n) is 3.61. The van der Waals surface area contributed by atoms with Crippen molar-refractivity contribution in [1.29, 1.82) is 0 Å². The summed E-state index contributed by atoms with van der Waals surface area (Å²) in [5.74, 6) is 0.615. The van der Waals surface area contributed by atoms with Crippen molar-refractivity contribution in [3.05, 3.63) is 34.9 Å². The van der Waals surface area contributed by atoms with Gasteiger partial charge in [0.2, 0.25) is 0 Å². The normalized spacial score (nSPS) is 19.8. The van der Waals surface area contributed by atoms with E-state index in [4.69, 9.17) is 11.6 Å². The van der Waals surface area contributed by atoms with Crippen molar-refractivity contribution in [2.24, 2.45) is 5.92 Å².